The maximum Gasteiger partial charge on any atom is 0.419 e. The van der Waals surface area contributed by atoms with Crippen LogP contribution in [0.15, 0.2) is 59.6 Å². The molecule has 1 amide bonds. The fraction of sp³-hybridized carbons (Fsp3) is 0.200. The lowest BCUT2D eigenvalue weighted by Gasteiger charge is -2.27. The quantitative estimate of drug-likeness (QED) is 0.200. The van der Waals surface area contributed by atoms with Crippen LogP contribution in [0.3, 0.4) is 0 Å². The number of carbonyl (C=O) groups is 1. The SMILES string of the molecule is Cl.NC(=O)C(O)(NCCOc1ccccc1C(F)(F)F)c1nccc2c(S(=O)(=O)O)cccc12. The first kappa shape index (κ1) is 27.3. The number of aliphatic hydroxyl groups is 1. The number of ether oxygens (including phenoxy) is 1. The number of hydrogen-bond acceptors (Lipinski definition) is 7. The number of carbonyl (C=O) groups excluding carboxylic acids is 1. The number of nitrogens with one attached hydrogen (secondary N) is 1. The summed E-state index contributed by atoms with van der Waals surface area (Å²) in [6, 6.07) is 9.48. The molecule has 1 atom stereocenters. The van der Waals surface area contributed by atoms with E-state index in [1.54, 1.807) is 0 Å². The number of fused-ring (bicyclic) bond motifs is 1. The van der Waals surface area contributed by atoms with Crippen molar-refractivity contribution in [1.29, 1.82) is 0 Å². The largest absolute Gasteiger partial charge is 0.492 e. The van der Waals surface area contributed by atoms with Crippen LogP contribution in [0.2, 0.25) is 0 Å². The van der Waals surface area contributed by atoms with Gasteiger partial charge in [0.1, 0.15) is 22.9 Å². The molecule has 5 N–H and O–H groups in total. The van der Waals surface area contributed by atoms with Crippen LogP contribution < -0.4 is 15.8 Å². The van der Waals surface area contributed by atoms with Gasteiger partial charge in [0.2, 0.25) is 5.72 Å². The fourth-order valence-corrected chi connectivity index (χ4v) is 3.91. The zero-order valence-corrected chi connectivity index (χ0v) is 18.7. The second-order valence-electron chi connectivity index (χ2n) is 6.83. The number of halogens is 4. The number of amides is 1. The molecule has 1 heterocycles. The molecule has 3 rings (SSSR count). The molecule has 0 aliphatic heterocycles. The number of benzene rings is 2. The highest BCUT2D eigenvalue weighted by atomic mass is 35.5. The Labute approximate surface area is 197 Å². The lowest BCUT2D eigenvalue weighted by molar-refractivity contribution is -0.141. The molecule has 9 nitrogen and oxygen atoms in total. The number of alkyl halides is 3. The van der Waals surface area contributed by atoms with Gasteiger partial charge < -0.3 is 15.6 Å². The highest BCUT2D eigenvalue weighted by Gasteiger charge is 2.39. The van der Waals surface area contributed by atoms with Crippen molar-refractivity contribution >= 4 is 39.2 Å². The summed E-state index contributed by atoms with van der Waals surface area (Å²) in [5, 5.41) is 13.3. The lowest BCUT2D eigenvalue weighted by atomic mass is 10.0. The van der Waals surface area contributed by atoms with Crippen LogP contribution in [0.1, 0.15) is 11.3 Å². The van der Waals surface area contributed by atoms with Crippen LogP contribution in [0.4, 0.5) is 13.2 Å². The summed E-state index contributed by atoms with van der Waals surface area (Å²) in [4.78, 5) is 15.6. The number of primary amides is 1. The van der Waals surface area contributed by atoms with Crippen molar-refractivity contribution in [3.63, 3.8) is 0 Å². The van der Waals surface area contributed by atoms with Crippen LogP contribution in [0, 0.1) is 0 Å². The van der Waals surface area contributed by atoms with Crippen LogP contribution in [0.5, 0.6) is 5.75 Å². The molecule has 0 saturated carbocycles. The Morgan fingerprint density at radius 2 is 1.76 bits per heavy atom. The van der Waals surface area contributed by atoms with E-state index in [9.17, 15) is 36.0 Å². The Balaban J connectivity index is 0.00000408. The number of pyridine rings is 1. The van der Waals surface area contributed by atoms with Gasteiger partial charge in [-0.15, -0.1) is 12.4 Å². The molecule has 1 aromatic heterocycles. The topological polar surface area (TPSA) is 152 Å². The molecule has 0 fully saturated rings. The third kappa shape index (κ3) is 5.56. The van der Waals surface area contributed by atoms with Crippen LogP contribution in [-0.2, 0) is 26.8 Å². The zero-order chi connectivity index (χ0) is 24.4. The van der Waals surface area contributed by atoms with Gasteiger partial charge in [0.15, 0.2) is 0 Å². The lowest BCUT2D eigenvalue weighted by Crippen LogP contribution is -2.54. The molecule has 0 spiro atoms. The Hall–Kier alpha value is -2.97. The summed E-state index contributed by atoms with van der Waals surface area (Å²) < 4.78 is 77.1. The second kappa shape index (κ2) is 10.1. The van der Waals surface area contributed by atoms with Gasteiger partial charge >= 0.3 is 6.18 Å². The molecule has 0 aliphatic rings. The molecule has 2 aromatic carbocycles. The van der Waals surface area contributed by atoms with Crippen molar-refractivity contribution in [2.45, 2.75) is 16.8 Å². The number of aromatic nitrogens is 1. The van der Waals surface area contributed by atoms with Gasteiger partial charge in [0, 0.05) is 23.5 Å². The van der Waals surface area contributed by atoms with Crippen molar-refractivity contribution in [2.24, 2.45) is 5.73 Å². The summed E-state index contributed by atoms with van der Waals surface area (Å²) in [7, 11) is -4.64. The van der Waals surface area contributed by atoms with Gasteiger partial charge in [0.25, 0.3) is 16.0 Å². The van der Waals surface area contributed by atoms with Crippen LogP contribution in [0.25, 0.3) is 10.8 Å². The van der Waals surface area contributed by atoms with E-state index in [1.165, 1.54) is 30.3 Å². The maximum absolute atomic E-state index is 13.1. The van der Waals surface area contributed by atoms with E-state index in [2.05, 4.69) is 10.3 Å². The predicted molar refractivity (Wildman–Crippen MR) is 117 cm³/mol. The van der Waals surface area contributed by atoms with Crippen LogP contribution >= 0.6 is 12.4 Å². The normalized spacial score (nSPS) is 13.7. The van der Waals surface area contributed by atoms with Crippen LogP contribution in [-0.4, -0.2) is 42.1 Å². The Morgan fingerprint density at radius 3 is 2.38 bits per heavy atom. The minimum absolute atomic E-state index is 0. The number of para-hydroxylation sites is 1. The molecular formula is C20H19ClF3N3O6S. The second-order valence-corrected chi connectivity index (χ2v) is 8.22. The average molecular weight is 522 g/mol. The number of nitrogens with two attached hydrogens (primary N) is 1. The Kier molecular flexibility index (Phi) is 8.11. The van der Waals surface area contributed by atoms with Gasteiger partial charge in [0.05, 0.1) is 5.56 Å². The van der Waals surface area contributed by atoms with Gasteiger partial charge in [-0.1, -0.05) is 24.3 Å². The highest BCUT2D eigenvalue weighted by Crippen LogP contribution is 2.36. The van der Waals surface area contributed by atoms with E-state index in [0.717, 1.165) is 24.4 Å². The number of hydrogen-bond donors (Lipinski definition) is 4. The van der Waals surface area contributed by atoms with Crippen molar-refractivity contribution in [3.05, 3.63) is 66.0 Å². The van der Waals surface area contributed by atoms with Gasteiger partial charge in [-0.25, -0.2) is 0 Å². The summed E-state index contributed by atoms with van der Waals surface area (Å²) >= 11 is 0. The Morgan fingerprint density at radius 1 is 1.09 bits per heavy atom. The molecule has 0 saturated heterocycles. The van der Waals surface area contributed by atoms with E-state index >= 15 is 0 Å². The molecule has 0 aliphatic carbocycles. The van der Waals surface area contributed by atoms with E-state index in [0.29, 0.717) is 0 Å². The average Bonchev–Trinajstić information content (AvgIpc) is 2.74. The van der Waals surface area contributed by atoms with Crippen molar-refractivity contribution in [2.75, 3.05) is 13.2 Å². The third-order valence-electron chi connectivity index (χ3n) is 4.68. The Bertz CT molecular complexity index is 1310. The summed E-state index contributed by atoms with van der Waals surface area (Å²) in [5.74, 6) is -1.76. The molecule has 3 aromatic rings. The first-order valence-electron chi connectivity index (χ1n) is 9.27. The number of rotatable bonds is 8. The van der Waals surface area contributed by atoms with Gasteiger partial charge in [-0.3, -0.25) is 19.6 Å². The standard InChI is InChI=1S/C20H18F3N3O6S.ClH/c21-20(22,23)14-5-1-2-6-15(14)32-11-10-26-19(28,18(24)27)17-13-4-3-7-16(33(29,30)31)12(13)8-9-25-17;/h1-9,26,28H,10-11H2,(H2,24,27)(H,29,30,31);1H. The summed E-state index contributed by atoms with van der Waals surface area (Å²) in [5.41, 5.74) is 1.35. The maximum atomic E-state index is 13.1. The van der Waals surface area contributed by atoms with E-state index in [1.807, 2.05) is 0 Å². The van der Waals surface area contributed by atoms with E-state index in [4.69, 9.17) is 10.5 Å². The van der Waals surface area contributed by atoms with E-state index in [-0.39, 0.29) is 35.4 Å². The minimum atomic E-state index is -4.64. The number of nitrogens with zero attached hydrogens (tertiary/aromatic N) is 1. The molecule has 1 unspecified atom stereocenters. The first-order valence-corrected chi connectivity index (χ1v) is 10.7. The first-order chi connectivity index (χ1) is 15.4. The van der Waals surface area contributed by atoms with Crippen molar-refractivity contribution in [1.82, 2.24) is 10.3 Å². The van der Waals surface area contributed by atoms with Gasteiger partial charge in [-0.05, 0) is 24.3 Å². The summed E-state index contributed by atoms with van der Waals surface area (Å²) in [6.07, 6.45) is -3.55. The van der Waals surface area contributed by atoms with Crippen molar-refractivity contribution in [3.8, 4) is 5.75 Å². The highest BCUT2D eigenvalue weighted by molar-refractivity contribution is 7.86. The van der Waals surface area contributed by atoms with Crippen molar-refractivity contribution < 1.29 is 40.8 Å². The minimum Gasteiger partial charge on any atom is -0.492 e. The zero-order valence-electron chi connectivity index (χ0n) is 17.1. The molecule has 34 heavy (non-hydrogen) atoms. The van der Waals surface area contributed by atoms with Gasteiger partial charge in [-0.2, -0.15) is 21.6 Å². The molecular weight excluding hydrogens is 503 g/mol. The predicted octanol–water partition coefficient (Wildman–Crippen LogP) is 2.22. The third-order valence-corrected chi connectivity index (χ3v) is 5.59. The molecule has 0 bridgehead atoms. The molecule has 14 heteroatoms. The fourth-order valence-electron chi connectivity index (χ4n) is 3.20. The smallest absolute Gasteiger partial charge is 0.419 e. The molecule has 0 radical (unpaired) electrons. The van der Waals surface area contributed by atoms with E-state index < -0.39 is 50.7 Å². The molecule has 184 valence electrons. The monoisotopic (exact) mass is 521 g/mol. The summed E-state index contributed by atoms with van der Waals surface area (Å²) in [6.45, 7) is -0.745.